The van der Waals surface area contributed by atoms with Crippen molar-refractivity contribution in [2.45, 2.75) is 13.0 Å². The Labute approximate surface area is 102 Å². The van der Waals surface area contributed by atoms with E-state index in [4.69, 9.17) is 11.6 Å². The molecular formula is C10H12BrClN2O. The van der Waals surface area contributed by atoms with Crippen LogP contribution in [0.1, 0.15) is 6.92 Å². The Morgan fingerprint density at radius 3 is 2.73 bits per heavy atom. The second kappa shape index (κ2) is 5.37. The first-order valence-corrected chi connectivity index (χ1v) is 5.65. The van der Waals surface area contributed by atoms with Gasteiger partial charge in [0, 0.05) is 17.2 Å². The van der Waals surface area contributed by atoms with Gasteiger partial charge in [0.05, 0.1) is 5.02 Å². The number of anilines is 1. The molecule has 1 atom stereocenters. The lowest BCUT2D eigenvalue weighted by Crippen LogP contribution is -2.35. The molecule has 0 bridgehead atoms. The number of rotatable bonds is 3. The van der Waals surface area contributed by atoms with Gasteiger partial charge in [-0.15, -0.1) is 0 Å². The average Bonchev–Trinajstić information content (AvgIpc) is 2.22. The molecule has 3 nitrogen and oxygen atoms in total. The molecule has 0 aliphatic carbocycles. The van der Waals surface area contributed by atoms with Gasteiger partial charge in [-0.2, -0.15) is 0 Å². The van der Waals surface area contributed by atoms with Gasteiger partial charge in [-0.1, -0.05) is 11.6 Å². The zero-order valence-electron chi connectivity index (χ0n) is 8.47. The topological polar surface area (TPSA) is 41.1 Å². The Morgan fingerprint density at radius 1 is 1.53 bits per heavy atom. The van der Waals surface area contributed by atoms with E-state index >= 15 is 0 Å². The third-order valence-electron chi connectivity index (χ3n) is 1.94. The standard InChI is InChI=1S/C10H12BrClN2O/c1-6(10(15)13-2)14-7-3-4-8(11)9(12)5-7/h3-6,14H,1-2H3,(H,13,15). The number of amides is 1. The molecule has 1 unspecified atom stereocenters. The SMILES string of the molecule is CNC(=O)C(C)Nc1ccc(Br)c(Cl)c1. The van der Waals surface area contributed by atoms with Crippen LogP contribution in [0.25, 0.3) is 0 Å². The molecule has 1 aromatic carbocycles. The molecule has 5 heteroatoms. The molecule has 0 saturated heterocycles. The fraction of sp³-hybridized carbons (Fsp3) is 0.300. The second-order valence-electron chi connectivity index (χ2n) is 3.11. The number of carbonyl (C=O) groups is 1. The summed E-state index contributed by atoms with van der Waals surface area (Å²) in [6.45, 7) is 1.79. The Kier molecular flexibility index (Phi) is 4.42. The van der Waals surface area contributed by atoms with Gasteiger partial charge < -0.3 is 10.6 Å². The molecule has 0 fully saturated rings. The lowest BCUT2D eigenvalue weighted by molar-refractivity contribution is -0.121. The number of nitrogens with one attached hydrogen (secondary N) is 2. The van der Waals surface area contributed by atoms with E-state index in [2.05, 4.69) is 26.6 Å². The van der Waals surface area contributed by atoms with Crippen LogP contribution in [-0.2, 0) is 4.79 Å². The van der Waals surface area contributed by atoms with E-state index in [1.807, 2.05) is 12.1 Å². The van der Waals surface area contributed by atoms with Gasteiger partial charge in [0.25, 0.3) is 0 Å². The van der Waals surface area contributed by atoms with E-state index < -0.39 is 0 Å². The Balaban J connectivity index is 2.73. The highest BCUT2D eigenvalue weighted by Gasteiger charge is 2.10. The summed E-state index contributed by atoms with van der Waals surface area (Å²) in [7, 11) is 1.61. The van der Waals surface area contributed by atoms with E-state index in [0.717, 1.165) is 10.2 Å². The van der Waals surface area contributed by atoms with Gasteiger partial charge in [0.1, 0.15) is 6.04 Å². The van der Waals surface area contributed by atoms with Gasteiger partial charge in [0.15, 0.2) is 0 Å². The summed E-state index contributed by atoms with van der Waals surface area (Å²) in [4.78, 5) is 11.3. The second-order valence-corrected chi connectivity index (χ2v) is 4.37. The third kappa shape index (κ3) is 3.39. The fourth-order valence-electron chi connectivity index (χ4n) is 1.12. The summed E-state index contributed by atoms with van der Waals surface area (Å²) in [5.74, 6) is -0.0611. The summed E-state index contributed by atoms with van der Waals surface area (Å²) in [5.41, 5.74) is 0.819. The molecule has 2 N–H and O–H groups in total. The van der Waals surface area contributed by atoms with Crippen molar-refractivity contribution in [2.24, 2.45) is 0 Å². The maximum atomic E-state index is 11.3. The van der Waals surface area contributed by atoms with Gasteiger partial charge in [-0.3, -0.25) is 4.79 Å². The molecule has 1 rings (SSSR count). The minimum Gasteiger partial charge on any atom is -0.374 e. The molecule has 0 aliphatic heterocycles. The molecular weight excluding hydrogens is 279 g/mol. The summed E-state index contributed by atoms with van der Waals surface area (Å²) in [5, 5.41) is 6.23. The molecule has 0 saturated carbocycles. The predicted molar refractivity (Wildman–Crippen MR) is 66.3 cm³/mol. The van der Waals surface area contributed by atoms with Gasteiger partial charge >= 0.3 is 0 Å². The van der Waals surface area contributed by atoms with Crippen LogP contribution >= 0.6 is 27.5 Å². The molecule has 0 aliphatic rings. The van der Waals surface area contributed by atoms with Crippen molar-refractivity contribution in [3.8, 4) is 0 Å². The van der Waals surface area contributed by atoms with Crippen LogP contribution in [0.15, 0.2) is 22.7 Å². The first-order chi connectivity index (χ1) is 7.04. The van der Waals surface area contributed by atoms with Gasteiger partial charge in [0.2, 0.25) is 5.91 Å². The maximum Gasteiger partial charge on any atom is 0.241 e. The highest BCUT2D eigenvalue weighted by molar-refractivity contribution is 9.10. The predicted octanol–water partition coefficient (Wildman–Crippen LogP) is 2.65. The molecule has 15 heavy (non-hydrogen) atoms. The summed E-state index contributed by atoms with van der Waals surface area (Å²) in [6.07, 6.45) is 0. The van der Waals surface area contributed by atoms with Crippen molar-refractivity contribution >= 4 is 39.1 Å². The highest BCUT2D eigenvalue weighted by atomic mass is 79.9. The quantitative estimate of drug-likeness (QED) is 0.899. The normalized spacial score (nSPS) is 12.0. The van der Waals surface area contributed by atoms with E-state index in [1.165, 1.54) is 0 Å². The first kappa shape index (κ1) is 12.3. The monoisotopic (exact) mass is 290 g/mol. The van der Waals surface area contributed by atoms with Crippen LogP contribution in [0, 0.1) is 0 Å². The zero-order chi connectivity index (χ0) is 11.4. The van der Waals surface area contributed by atoms with E-state index in [-0.39, 0.29) is 11.9 Å². The number of hydrogen-bond donors (Lipinski definition) is 2. The van der Waals surface area contributed by atoms with E-state index in [1.54, 1.807) is 20.0 Å². The average molecular weight is 292 g/mol. The number of likely N-dealkylation sites (N-methyl/N-ethyl adjacent to an activating group) is 1. The van der Waals surface area contributed by atoms with Crippen molar-refractivity contribution in [1.29, 1.82) is 0 Å². The largest absolute Gasteiger partial charge is 0.374 e. The number of benzene rings is 1. The van der Waals surface area contributed by atoms with Crippen molar-refractivity contribution in [3.05, 3.63) is 27.7 Å². The van der Waals surface area contributed by atoms with Gasteiger partial charge in [-0.05, 0) is 41.1 Å². The smallest absolute Gasteiger partial charge is 0.241 e. The first-order valence-electron chi connectivity index (χ1n) is 4.47. The van der Waals surface area contributed by atoms with Crippen LogP contribution < -0.4 is 10.6 Å². The minimum absolute atomic E-state index is 0.0611. The Bertz CT molecular complexity index is 370. The summed E-state index contributed by atoms with van der Waals surface area (Å²) in [6, 6.07) is 5.18. The zero-order valence-corrected chi connectivity index (χ0v) is 10.8. The lowest BCUT2D eigenvalue weighted by atomic mass is 10.2. The van der Waals surface area contributed by atoms with Crippen LogP contribution in [0.4, 0.5) is 5.69 Å². The van der Waals surface area contributed by atoms with Gasteiger partial charge in [-0.25, -0.2) is 0 Å². The molecule has 82 valence electrons. The van der Waals surface area contributed by atoms with Crippen molar-refractivity contribution < 1.29 is 4.79 Å². The van der Waals surface area contributed by atoms with Crippen molar-refractivity contribution in [3.63, 3.8) is 0 Å². The molecule has 0 heterocycles. The molecule has 0 radical (unpaired) electrons. The molecule has 0 spiro atoms. The summed E-state index contributed by atoms with van der Waals surface area (Å²) >= 11 is 9.22. The Hall–Kier alpha value is -0.740. The van der Waals surface area contributed by atoms with Crippen LogP contribution in [0.2, 0.25) is 5.02 Å². The number of hydrogen-bond acceptors (Lipinski definition) is 2. The van der Waals surface area contributed by atoms with E-state index in [9.17, 15) is 4.79 Å². The van der Waals surface area contributed by atoms with Crippen LogP contribution in [-0.4, -0.2) is 19.0 Å². The molecule has 0 aromatic heterocycles. The highest BCUT2D eigenvalue weighted by Crippen LogP contribution is 2.25. The minimum atomic E-state index is -0.285. The number of carbonyl (C=O) groups excluding carboxylic acids is 1. The third-order valence-corrected chi connectivity index (χ3v) is 3.17. The van der Waals surface area contributed by atoms with Crippen molar-refractivity contribution in [1.82, 2.24) is 5.32 Å². The molecule has 1 amide bonds. The summed E-state index contributed by atoms with van der Waals surface area (Å²) < 4.78 is 0.835. The Morgan fingerprint density at radius 2 is 2.20 bits per heavy atom. The van der Waals surface area contributed by atoms with Crippen LogP contribution in [0.5, 0.6) is 0 Å². The maximum absolute atomic E-state index is 11.3. The fourth-order valence-corrected chi connectivity index (χ4v) is 1.55. The molecule has 1 aromatic rings. The number of halogens is 2. The lowest BCUT2D eigenvalue weighted by Gasteiger charge is -2.13. The van der Waals surface area contributed by atoms with Crippen molar-refractivity contribution in [2.75, 3.05) is 12.4 Å². The van der Waals surface area contributed by atoms with Crippen LogP contribution in [0.3, 0.4) is 0 Å². The van der Waals surface area contributed by atoms with E-state index in [0.29, 0.717) is 5.02 Å².